The van der Waals surface area contributed by atoms with E-state index in [2.05, 4.69) is 73.0 Å². The normalized spacial score (nSPS) is 21.8. The van der Waals surface area contributed by atoms with Gasteiger partial charge in [0.25, 0.3) is 0 Å². The van der Waals surface area contributed by atoms with Crippen LogP contribution in [0.25, 0.3) is 0 Å². The van der Waals surface area contributed by atoms with Crippen molar-refractivity contribution in [3.63, 3.8) is 0 Å². The van der Waals surface area contributed by atoms with Crippen LogP contribution in [0.4, 0.5) is 0 Å². The van der Waals surface area contributed by atoms with Crippen LogP contribution in [0.3, 0.4) is 0 Å². The Kier molecular flexibility index (Phi) is 5.49. The third kappa shape index (κ3) is 4.19. The van der Waals surface area contributed by atoms with Gasteiger partial charge in [0.2, 0.25) is 0 Å². The Bertz CT molecular complexity index is 527. The summed E-state index contributed by atoms with van der Waals surface area (Å²) in [4.78, 5) is 0. The van der Waals surface area contributed by atoms with E-state index in [-0.39, 0.29) is 11.1 Å². The molecule has 0 atom stereocenters. The van der Waals surface area contributed by atoms with Crippen LogP contribution >= 0.6 is 0 Å². The zero-order valence-electron chi connectivity index (χ0n) is 16.8. The highest BCUT2D eigenvalue weighted by Gasteiger charge is 2.49. The summed E-state index contributed by atoms with van der Waals surface area (Å²) in [5, 5.41) is 12.1. The zero-order chi connectivity index (χ0) is 18.2. The Morgan fingerprint density at radius 2 is 1.46 bits per heavy atom. The van der Waals surface area contributed by atoms with Gasteiger partial charge in [0.1, 0.15) is 6.54 Å². The van der Waals surface area contributed by atoms with Crippen LogP contribution in [0.2, 0.25) is 0 Å². The van der Waals surface area contributed by atoms with Crippen molar-refractivity contribution in [2.45, 2.75) is 84.0 Å². The third-order valence-electron chi connectivity index (χ3n) is 5.76. The highest BCUT2D eigenvalue weighted by molar-refractivity contribution is 5.22. The van der Waals surface area contributed by atoms with Gasteiger partial charge in [-0.1, -0.05) is 37.6 Å². The molecule has 0 bridgehead atoms. The number of hydrogen-bond acceptors (Lipinski definition) is 2. The molecular weight excluding hydrogens is 296 g/mol. The fraction of sp³-hybridized carbons (Fsp3) is 0.714. The smallest absolute Gasteiger partial charge is 0.104 e. The molecule has 1 aliphatic rings. The highest BCUT2D eigenvalue weighted by Crippen LogP contribution is 2.40. The van der Waals surface area contributed by atoms with E-state index in [4.69, 9.17) is 0 Å². The molecule has 1 aromatic rings. The van der Waals surface area contributed by atoms with E-state index in [1.54, 1.807) is 5.06 Å². The summed E-state index contributed by atoms with van der Waals surface area (Å²) in [6, 6.07) is 9.69. The van der Waals surface area contributed by atoms with Gasteiger partial charge in [-0.25, -0.2) is 0 Å². The van der Waals surface area contributed by atoms with Gasteiger partial charge in [-0.2, -0.15) is 5.06 Å². The molecular formula is C21H37N2O+. The standard InChI is InChI=1S/C21H37N2O/c1-8-9-17-10-12-18(13-11-17)16-23(6,7)19-14-20(2,3)22(24)21(4,5)15-19/h10-13,19,24H,8-9,14-16H2,1-7H3/q+1. The summed E-state index contributed by atoms with van der Waals surface area (Å²) in [5.41, 5.74) is 2.46. The molecule has 1 N–H and O–H groups in total. The molecule has 0 unspecified atom stereocenters. The van der Waals surface area contributed by atoms with Crippen LogP contribution in [-0.4, -0.2) is 46.0 Å². The fourth-order valence-electron chi connectivity index (χ4n) is 4.41. The maximum absolute atomic E-state index is 10.5. The second-order valence-electron chi connectivity index (χ2n) is 9.50. The Hall–Kier alpha value is -0.900. The van der Waals surface area contributed by atoms with Crippen molar-refractivity contribution in [3.05, 3.63) is 35.4 Å². The van der Waals surface area contributed by atoms with E-state index in [0.717, 1.165) is 30.3 Å². The largest absolute Gasteiger partial charge is 0.322 e. The van der Waals surface area contributed by atoms with E-state index < -0.39 is 0 Å². The average molecular weight is 334 g/mol. The number of hydrogen-bond donors (Lipinski definition) is 1. The number of aryl methyl sites for hydroxylation is 1. The minimum absolute atomic E-state index is 0.188. The molecule has 3 nitrogen and oxygen atoms in total. The average Bonchev–Trinajstić information content (AvgIpc) is 2.46. The summed E-state index contributed by atoms with van der Waals surface area (Å²) in [6.45, 7) is 11.9. The highest BCUT2D eigenvalue weighted by atomic mass is 16.5. The van der Waals surface area contributed by atoms with Gasteiger partial charge >= 0.3 is 0 Å². The predicted molar refractivity (Wildman–Crippen MR) is 101 cm³/mol. The molecule has 1 saturated heterocycles. The Morgan fingerprint density at radius 1 is 1.00 bits per heavy atom. The molecule has 0 radical (unpaired) electrons. The van der Waals surface area contributed by atoms with Gasteiger partial charge in [-0.3, -0.25) is 0 Å². The van der Waals surface area contributed by atoms with Crippen LogP contribution in [0.5, 0.6) is 0 Å². The predicted octanol–water partition coefficient (Wildman–Crippen LogP) is 4.63. The molecule has 0 aromatic heterocycles. The Morgan fingerprint density at radius 3 is 1.92 bits per heavy atom. The monoisotopic (exact) mass is 333 g/mol. The summed E-state index contributed by atoms with van der Waals surface area (Å²) >= 11 is 0. The first kappa shape index (κ1) is 19.4. The summed E-state index contributed by atoms with van der Waals surface area (Å²) in [5.74, 6) is 0. The second-order valence-corrected chi connectivity index (χ2v) is 9.50. The van der Waals surface area contributed by atoms with Crippen LogP contribution in [-0.2, 0) is 13.0 Å². The molecule has 0 aliphatic carbocycles. The molecule has 2 rings (SSSR count). The zero-order valence-corrected chi connectivity index (χ0v) is 16.8. The van der Waals surface area contributed by atoms with Gasteiger partial charge in [0.05, 0.1) is 20.1 Å². The van der Waals surface area contributed by atoms with Crippen LogP contribution in [0, 0.1) is 0 Å². The molecule has 3 heteroatoms. The molecule has 1 aromatic carbocycles. The Labute approximate surface area is 148 Å². The lowest BCUT2D eigenvalue weighted by atomic mass is 9.77. The quantitative estimate of drug-likeness (QED) is 0.794. The minimum Gasteiger partial charge on any atom is -0.322 e. The number of rotatable bonds is 5. The first-order valence-electron chi connectivity index (χ1n) is 9.38. The fourth-order valence-corrected chi connectivity index (χ4v) is 4.41. The van der Waals surface area contributed by atoms with E-state index in [0.29, 0.717) is 6.04 Å². The van der Waals surface area contributed by atoms with Crippen molar-refractivity contribution in [2.24, 2.45) is 0 Å². The first-order valence-corrected chi connectivity index (χ1v) is 9.38. The van der Waals surface area contributed by atoms with Crippen molar-refractivity contribution < 1.29 is 9.69 Å². The lowest BCUT2D eigenvalue weighted by Crippen LogP contribution is -2.65. The Balaban J connectivity index is 2.14. The van der Waals surface area contributed by atoms with Crippen LogP contribution < -0.4 is 0 Å². The van der Waals surface area contributed by atoms with Gasteiger partial charge in [-0.05, 0) is 39.7 Å². The van der Waals surface area contributed by atoms with E-state index in [1.807, 2.05) is 0 Å². The SMILES string of the molecule is CCCc1ccc(C[N+](C)(C)C2CC(C)(C)N(O)C(C)(C)C2)cc1. The van der Waals surface area contributed by atoms with E-state index >= 15 is 0 Å². The number of piperidine rings is 1. The molecule has 1 fully saturated rings. The topological polar surface area (TPSA) is 23.5 Å². The van der Waals surface area contributed by atoms with Gasteiger partial charge in [0.15, 0.2) is 0 Å². The number of benzene rings is 1. The summed E-state index contributed by atoms with van der Waals surface area (Å²) in [6.07, 6.45) is 4.38. The number of nitrogens with zero attached hydrogens (tertiary/aromatic N) is 2. The number of quaternary nitrogens is 1. The summed E-state index contributed by atoms with van der Waals surface area (Å²) < 4.78 is 0.966. The molecule has 0 saturated carbocycles. The number of hydroxylamine groups is 2. The molecule has 1 aliphatic heterocycles. The second kappa shape index (κ2) is 6.78. The van der Waals surface area contributed by atoms with Crippen molar-refractivity contribution in [2.75, 3.05) is 14.1 Å². The lowest BCUT2D eigenvalue weighted by Gasteiger charge is -2.54. The van der Waals surface area contributed by atoms with Gasteiger partial charge in [-0.15, -0.1) is 0 Å². The van der Waals surface area contributed by atoms with E-state index in [9.17, 15) is 5.21 Å². The third-order valence-corrected chi connectivity index (χ3v) is 5.76. The van der Waals surface area contributed by atoms with Gasteiger partial charge < -0.3 is 9.69 Å². The molecule has 0 amide bonds. The molecule has 0 spiro atoms. The van der Waals surface area contributed by atoms with Crippen molar-refractivity contribution >= 4 is 0 Å². The first-order chi connectivity index (χ1) is 11.0. The molecule has 1 heterocycles. The van der Waals surface area contributed by atoms with E-state index in [1.165, 1.54) is 17.5 Å². The maximum Gasteiger partial charge on any atom is 0.104 e. The van der Waals surface area contributed by atoms with Crippen molar-refractivity contribution in [1.29, 1.82) is 0 Å². The maximum atomic E-state index is 10.5. The van der Waals surface area contributed by atoms with Crippen molar-refractivity contribution in [1.82, 2.24) is 5.06 Å². The molecule has 136 valence electrons. The van der Waals surface area contributed by atoms with Gasteiger partial charge in [0, 0.05) is 29.5 Å². The van der Waals surface area contributed by atoms with Crippen molar-refractivity contribution in [3.8, 4) is 0 Å². The van der Waals surface area contributed by atoms with Crippen LogP contribution in [0.15, 0.2) is 24.3 Å². The lowest BCUT2D eigenvalue weighted by molar-refractivity contribution is -0.931. The summed E-state index contributed by atoms with van der Waals surface area (Å²) in [7, 11) is 4.67. The molecule has 24 heavy (non-hydrogen) atoms. The minimum atomic E-state index is -0.188. The van der Waals surface area contributed by atoms with Crippen LogP contribution in [0.1, 0.15) is 65.0 Å².